The fourth-order valence-corrected chi connectivity index (χ4v) is 4.25. The molecule has 2 amide bonds. The van der Waals surface area contributed by atoms with Crippen molar-refractivity contribution in [1.29, 1.82) is 0 Å². The number of carbonyl (C=O) groups excluding carboxylic acids is 2. The van der Waals surface area contributed by atoms with Gasteiger partial charge in [0.15, 0.2) is 0 Å². The molecule has 0 bridgehead atoms. The molecule has 9 heteroatoms. The number of para-hydroxylation sites is 1. The number of benzene rings is 2. The van der Waals surface area contributed by atoms with E-state index in [-0.39, 0.29) is 30.2 Å². The number of amides is 2. The molecule has 2 aliphatic rings. The summed E-state index contributed by atoms with van der Waals surface area (Å²) in [5, 5.41) is 3.27. The molecule has 1 heterocycles. The highest BCUT2D eigenvalue weighted by molar-refractivity contribution is 6.33. The van der Waals surface area contributed by atoms with Gasteiger partial charge >= 0.3 is 6.18 Å². The number of anilines is 1. The van der Waals surface area contributed by atoms with E-state index in [1.807, 2.05) is 4.90 Å². The predicted molar refractivity (Wildman–Crippen MR) is 115 cm³/mol. The summed E-state index contributed by atoms with van der Waals surface area (Å²) in [5.74, 6) is -0.330. The van der Waals surface area contributed by atoms with E-state index in [1.165, 1.54) is 12.1 Å². The van der Waals surface area contributed by atoms with E-state index in [2.05, 4.69) is 5.32 Å². The molecule has 2 aromatic carbocycles. The van der Waals surface area contributed by atoms with Crippen LogP contribution >= 0.6 is 11.6 Å². The molecular weight excluding hydrogens is 443 g/mol. The molecule has 0 spiro atoms. The first-order valence-electron chi connectivity index (χ1n) is 10.4. The van der Waals surface area contributed by atoms with E-state index in [1.54, 1.807) is 29.2 Å². The number of alkyl halides is 3. The highest BCUT2D eigenvalue weighted by Crippen LogP contribution is 2.49. The monoisotopic (exact) mass is 465 g/mol. The van der Waals surface area contributed by atoms with Gasteiger partial charge in [-0.05, 0) is 42.2 Å². The third kappa shape index (κ3) is 5.24. The summed E-state index contributed by atoms with van der Waals surface area (Å²) in [6.07, 6.45) is -3.70. The average Bonchev–Trinajstić information content (AvgIpc) is 3.56. The molecule has 5 nitrogen and oxygen atoms in total. The van der Waals surface area contributed by atoms with Crippen molar-refractivity contribution in [2.24, 2.45) is 5.92 Å². The molecule has 1 aliphatic heterocycles. The minimum Gasteiger partial charge on any atom is -0.340 e. The molecule has 1 N–H and O–H groups in total. The maximum Gasteiger partial charge on any atom is 0.416 e. The van der Waals surface area contributed by atoms with Crippen LogP contribution in [0.15, 0.2) is 48.5 Å². The quantitative estimate of drug-likeness (QED) is 0.718. The van der Waals surface area contributed by atoms with Crippen molar-refractivity contribution in [2.75, 3.05) is 38.0 Å². The number of nitrogens with one attached hydrogen (secondary N) is 1. The molecule has 2 fully saturated rings. The SMILES string of the molecule is O=C(CN1CCN(C(=O)C2CC2c2ccc(C(F)(F)F)cc2)CC1)Nc1ccccc1Cl. The van der Waals surface area contributed by atoms with Gasteiger partial charge in [-0.2, -0.15) is 13.2 Å². The van der Waals surface area contributed by atoms with E-state index in [9.17, 15) is 22.8 Å². The molecule has 2 unspecified atom stereocenters. The smallest absolute Gasteiger partial charge is 0.340 e. The largest absolute Gasteiger partial charge is 0.416 e. The van der Waals surface area contributed by atoms with E-state index in [0.717, 1.165) is 17.7 Å². The zero-order valence-corrected chi connectivity index (χ0v) is 18.0. The maximum absolute atomic E-state index is 12.8. The molecule has 1 saturated heterocycles. The summed E-state index contributed by atoms with van der Waals surface area (Å²) in [5.41, 5.74) is 0.654. The van der Waals surface area contributed by atoms with Crippen molar-refractivity contribution in [3.63, 3.8) is 0 Å². The van der Waals surface area contributed by atoms with Gasteiger partial charge in [-0.15, -0.1) is 0 Å². The van der Waals surface area contributed by atoms with Crippen LogP contribution in [0.3, 0.4) is 0 Å². The summed E-state index contributed by atoms with van der Waals surface area (Å²) in [6, 6.07) is 12.1. The van der Waals surface area contributed by atoms with Gasteiger partial charge in [-0.1, -0.05) is 35.9 Å². The Kier molecular flexibility index (Phi) is 6.44. The molecule has 2 aromatic rings. The molecule has 0 radical (unpaired) electrons. The van der Waals surface area contributed by atoms with Crippen LogP contribution in [-0.4, -0.2) is 54.3 Å². The fraction of sp³-hybridized carbons (Fsp3) is 0.391. The van der Waals surface area contributed by atoms with Gasteiger partial charge in [0, 0.05) is 32.1 Å². The fourth-order valence-electron chi connectivity index (χ4n) is 4.07. The molecule has 0 aromatic heterocycles. The van der Waals surface area contributed by atoms with Gasteiger partial charge < -0.3 is 10.2 Å². The van der Waals surface area contributed by atoms with Crippen LogP contribution in [0, 0.1) is 5.92 Å². The average molecular weight is 466 g/mol. The number of carbonyl (C=O) groups is 2. The molecular formula is C23H23ClF3N3O2. The third-order valence-corrected chi connectivity index (χ3v) is 6.30. The number of halogens is 4. The topological polar surface area (TPSA) is 52.7 Å². The molecule has 4 rings (SSSR count). The van der Waals surface area contributed by atoms with Crippen LogP contribution in [0.1, 0.15) is 23.5 Å². The van der Waals surface area contributed by atoms with Gasteiger partial charge in [-0.25, -0.2) is 0 Å². The normalized spacial score (nSPS) is 21.3. The van der Waals surface area contributed by atoms with Crippen molar-refractivity contribution in [1.82, 2.24) is 9.80 Å². The molecule has 32 heavy (non-hydrogen) atoms. The van der Waals surface area contributed by atoms with Gasteiger partial charge in [0.05, 0.1) is 22.8 Å². The second-order valence-electron chi connectivity index (χ2n) is 8.20. The highest BCUT2D eigenvalue weighted by atomic mass is 35.5. The summed E-state index contributed by atoms with van der Waals surface area (Å²) in [7, 11) is 0. The Balaban J connectivity index is 1.24. The van der Waals surface area contributed by atoms with Crippen molar-refractivity contribution in [3.8, 4) is 0 Å². The van der Waals surface area contributed by atoms with Crippen LogP contribution < -0.4 is 5.32 Å². The lowest BCUT2D eigenvalue weighted by atomic mass is 10.1. The first-order chi connectivity index (χ1) is 15.2. The van der Waals surface area contributed by atoms with Crippen molar-refractivity contribution >= 4 is 29.1 Å². The van der Waals surface area contributed by atoms with Crippen LogP contribution in [0.25, 0.3) is 0 Å². The minimum absolute atomic E-state index is 0.0239. The Labute approximate surface area is 189 Å². The number of hydrogen-bond acceptors (Lipinski definition) is 3. The number of piperazine rings is 1. The first-order valence-corrected chi connectivity index (χ1v) is 10.8. The van der Waals surface area contributed by atoms with Gasteiger partial charge in [-0.3, -0.25) is 14.5 Å². The minimum atomic E-state index is -4.36. The Hall–Kier alpha value is -2.58. The van der Waals surface area contributed by atoms with E-state index in [0.29, 0.717) is 43.3 Å². The first kappa shape index (κ1) is 22.6. The molecule has 1 saturated carbocycles. The summed E-state index contributed by atoms with van der Waals surface area (Å²) < 4.78 is 38.2. The summed E-state index contributed by atoms with van der Waals surface area (Å²) >= 11 is 6.06. The zero-order valence-electron chi connectivity index (χ0n) is 17.2. The number of hydrogen-bond donors (Lipinski definition) is 1. The van der Waals surface area contributed by atoms with Crippen LogP contribution in [0.2, 0.25) is 5.02 Å². The molecule has 2 atom stereocenters. The lowest BCUT2D eigenvalue weighted by Crippen LogP contribution is -2.51. The van der Waals surface area contributed by atoms with Crippen molar-refractivity contribution in [2.45, 2.75) is 18.5 Å². The summed E-state index contributed by atoms with van der Waals surface area (Å²) in [4.78, 5) is 28.9. The van der Waals surface area contributed by atoms with Crippen LogP contribution in [-0.2, 0) is 15.8 Å². The van der Waals surface area contributed by atoms with Gasteiger partial charge in [0.1, 0.15) is 0 Å². The van der Waals surface area contributed by atoms with E-state index in [4.69, 9.17) is 11.6 Å². The lowest BCUT2D eigenvalue weighted by molar-refractivity contribution is -0.137. The van der Waals surface area contributed by atoms with Crippen molar-refractivity contribution in [3.05, 3.63) is 64.7 Å². The summed E-state index contributed by atoms with van der Waals surface area (Å²) in [6.45, 7) is 2.42. The second-order valence-corrected chi connectivity index (χ2v) is 8.61. The maximum atomic E-state index is 12.8. The van der Waals surface area contributed by atoms with E-state index >= 15 is 0 Å². The Bertz CT molecular complexity index is 989. The van der Waals surface area contributed by atoms with Crippen LogP contribution in [0.4, 0.5) is 18.9 Å². The number of nitrogens with zero attached hydrogens (tertiary/aromatic N) is 2. The Morgan fingerprint density at radius 2 is 1.66 bits per heavy atom. The molecule has 1 aliphatic carbocycles. The standard InChI is InChI=1S/C23H23ClF3N3O2/c24-19-3-1-2-4-20(19)28-21(31)14-29-9-11-30(12-10-29)22(32)18-13-17(18)15-5-7-16(8-6-15)23(25,26)27/h1-8,17-18H,9-14H2,(H,28,31). The number of rotatable bonds is 5. The van der Waals surface area contributed by atoms with Gasteiger partial charge in [0.2, 0.25) is 11.8 Å². The Morgan fingerprint density at radius 1 is 1.00 bits per heavy atom. The Morgan fingerprint density at radius 3 is 2.28 bits per heavy atom. The van der Waals surface area contributed by atoms with Gasteiger partial charge in [0.25, 0.3) is 0 Å². The third-order valence-electron chi connectivity index (χ3n) is 5.97. The predicted octanol–water partition coefficient (Wildman–Crippen LogP) is 4.25. The molecule has 170 valence electrons. The van der Waals surface area contributed by atoms with Crippen LogP contribution in [0.5, 0.6) is 0 Å². The zero-order chi connectivity index (χ0) is 22.9. The van der Waals surface area contributed by atoms with Crippen molar-refractivity contribution < 1.29 is 22.8 Å². The highest BCUT2D eigenvalue weighted by Gasteiger charge is 2.46. The lowest BCUT2D eigenvalue weighted by Gasteiger charge is -2.34. The second kappa shape index (κ2) is 9.11. The van der Waals surface area contributed by atoms with E-state index < -0.39 is 11.7 Å².